The summed E-state index contributed by atoms with van der Waals surface area (Å²) in [6, 6.07) is 12.6. The van der Waals surface area contributed by atoms with Gasteiger partial charge in [-0.1, -0.05) is 18.2 Å². The van der Waals surface area contributed by atoms with E-state index < -0.39 is 16.1 Å². The zero-order valence-corrected chi connectivity index (χ0v) is 15.8. The summed E-state index contributed by atoms with van der Waals surface area (Å²) >= 11 is 0. The van der Waals surface area contributed by atoms with E-state index in [-0.39, 0.29) is 18.2 Å². The highest BCUT2D eigenvalue weighted by atomic mass is 32.2. The van der Waals surface area contributed by atoms with Crippen LogP contribution in [0.4, 0.5) is 11.4 Å². The van der Waals surface area contributed by atoms with Crippen molar-refractivity contribution in [3.63, 3.8) is 0 Å². The number of sulfonamides is 1. The van der Waals surface area contributed by atoms with Gasteiger partial charge in [-0.2, -0.15) is 0 Å². The topological polar surface area (TPSA) is 75.7 Å². The van der Waals surface area contributed by atoms with E-state index in [4.69, 9.17) is 4.74 Å². The van der Waals surface area contributed by atoms with Crippen LogP contribution in [-0.4, -0.2) is 32.7 Å². The van der Waals surface area contributed by atoms with E-state index in [0.29, 0.717) is 17.1 Å². The van der Waals surface area contributed by atoms with Crippen LogP contribution in [0.25, 0.3) is 0 Å². The fourth-order valence-electron chi connectivity index (χ4n) is 3.03. The van der Waals surface area contributed by atoms with Crippen molar-refractivity contribution >= 4 is 27.3 Å². The molecule has 0 radical (unpaired) electrons. The van der Waals surface area contributed by atoms with Crippen molar-refractivity contribution in [1.82, 2.24) is 0 Å². The van der Waals surface area contributed by atoms with Crippen LogP contribution >= 0.6 is 0 Å². The van der Waals surface area contributed by atoms with Crippen LogP contribution in [0.15, 0.2) is 42.5 Å². The van der Waals surface area contributed by atoms with Gasteiger partial charge in [0.15, 0.2) is 6.10 Å². The van der Waals surface area contributed by atoms with Gasteiger partial charge in [-0.15, -0.1) is 0 Å². The fraction of sp³-hybridized carbons (Fsp3) is 0.316. The van der Waals surface area contributed by atoms with E-state index in [1.807, 2.05) is 32.0 Å². The molecule has 26 heavy (non-hydrogen) atoms. The first kappa shape index (κ1) is 18.3. The smallest absolute Gasteiger partial charge is 0.267 e. The van der Waals surface area contributed by atoms with Crippen LogP contribution in [0.5, 0.6) is 5.75 Å². The largest absolute Gasteiger partial charge is 0.476 e. The number of hydrogen-bond donors (Lipinski definition) is 1. The van der Waals surface area contributed by atoms with Crippen molar-refractivity contribution in [2.24, 2.45) is 0 Å². The van der Waals surface area contributed by atoms with Gasteiger partial charge < -0.3 is 10.1 Å². The number of carbonyl (C=O) groups is 1. The normalized spacial score (nSPS) is 16.6. The lowest BCUT2D eigenvalue weighted by Gasteiger charge is -2.34. The maximum atomic E-state index is 12.7. The Morgan fingerprint density at radius 3 is 2.50 bits per heavy atom. The molecule has 0 spiro atoms. The lowest BCUT2D eigenvalue weighted by molar-refractivity contribution is -0.122. The van der Waals surface area contributed by atoms with Gasteiger partial charge in [0.25, 0.3) is 5.91 Å². The molecule has 2 aromatic carbocycles. The molecule has 6 nitrogen and oxygen atoms in total. The van der Waals surface area contributed by atoms with Gasteiger partial charge in [0.2, 0.25) is 10.0 Å². The van der Waals surface area contributed by atoms with Gasteiger partial charge in [0.1, 0.15) is 5.75 Å². The van der Waals surface area contributed by atoms with Gasteiger partial charge in [0.05, 0.1) is 18.0 Å². The summed E-state index contributed by atoms with van der Waals surface area (Å²) in [5.41, 5.74) is 3.19. The van der Waals surface area contributed by atoms with E-state index in [1.165, 1.54) is 4.31 Å². The standard InChI is InChI=1S/C19H22N2O4S/c1-4-26(23,24)21-12-18(25-17-8-6-5-7-16(17)21)19(22)20-15-10-13(2)9-14(3)11-15/h5-11,18H,4,12H2,1-3H3,(H,20,22)/t18-/m0/s1. The number of hydrogen-bond acceptors (Lipinski definition) is 4. The number of rotatable bonds is 4. The molecule has 1 aliphatic heterocycles. The second-order valence-electron chi connectivity index (χ2n) is 6.37. The van der Waals surface area contributed by atoms with Crippen molar-refractivity contribution in [2.75, 3.05) is 21.9 Å². The molecule has 3 rings (SSSR count). The average molecular weight is 374 g/mol. The van der Waals surface area contributed by atoms with Gasteiger partial charge >= 0.3 is 0 Å². The summed E-state index contributed by atoms with van der Waals surface area (Å²) in [4.78, 5) is 12.7. The van der Waals surface area contributed by atoms with Crippen LogP contribution in [0, 0.1) is 13.8 Å². The average Bonchev–Trinajstić information content (AvgIpc) is 2.59. The third kappa shape index (κ3) is 3.67. The number of carbonyl (C=O) groups excluding carboxylic acids is 1. The second-order valence-corrected chi connectivity index (χ2v) is 8.55. The summed E-state index contributed by atoms with van der Waals surface area (Å²) in [5.74, 6) is -0.0376. The molecule has 0 fully saturated rings. The Morgan fingerprint density at radius 1 is 1.19 bits per heavy atom. The Hall–Kier alpha value is -2.54. The minimum absolute atomic E-state index is 0.0489. The highest BCUT2D eigenvalue weighted by Crippen LogP contribution is 2.35. The van der Waals surface area contributed by atoms with Crippen LogP contribution in [0.1, 0.15) is 18.1 Å². The number of benzene rings is 2. The molecule has 1 amide bonds. The molecule has 1 heterocycles. The highest BCUT2D eigenvalue weighted by Gasteiger charge is 2.35. The number of aryl methyl sites for hydroxylation is 2. The Balaban J connectivity index is 1.88. The first-order chi connectivity index (χ1) is 12.3. The number of ether oxygens (including phenoxy) is 1. The summed E-state index contributed by atoms with van der Waals surface area (Å²) in [6.07, 6.45) is -0.924. The molecule has 0 saturated heterocycles. The second kappa shape index (κ2) is 6.99. The van der Waals surface area contributed by atoms with Gasteiger partial charge in [-0.25, -0.2) is 8.42 Å². The van der Waals surface area contributed by atoms with Gasteiger partial charge in [-0.3, -0.25) is 9.10 Å². The number of fused-ring (bicyclic) bond motifs is 1. The molecule has 0 saturated carbocycles. The number of nitrogens with one attached hydrogen (secondary N) is 1. The molecular formula is C19H22N2O4S. The minimum atomic E-state index is -3.51. The molecule has 0 aromatic heterocycles. The van der Waals surface area contributed by atoms with Crippen molar-refractivity contribution in [2.45, 2.75) is 26.9 Å². The lowest BCUT2D eigenvalue weighted by atomic mass is 10.1. The van der Waals surface area contributed by atoms with E-state index in [0.717, 1.165) is 11.1 Å². The van der Waals surface area contributed by atoms with Crippen LogP contribution < -0.4 is 14.4 Å². The van der Waals surface area contributed by atoms with Crippen LogP contribution in [-0.2, 0) is 14.8 Å². The first-order valence-corrected chi connectivity index (χ1v) is 10.1. The molecule has 1 N–H and O–H groups in total. The minimum Gasteiger partial charge on any atom is -0.476 e. The Morgan fingerprint density at radius 2 is 1.85 bits per heavy atom. The Kier molecular flexibility index (Phi) is 4.91. The Bertz CT molecular complexity index is 920. The summed E-state index contributed by atoms with van der Waals surface area (Å²) in [5, 5.41) is 2.83. The zero-order valence-electron chi connectivity index (χ0n) is 15.0. The SMILES string of the molecule is CCS(=O)(=O)N1C[C@@H](C(=O)Nc2cc(C)cc(C)c2)Oc2ccccc21. The van der Waals surface area contributed by atoms with Gasteiger partial charge in [0, 0.05) is 5.69 Å². The molecule has 0 unspecified atom stereocenters. The molecule has 7 heteroatoms. The number of amides is 1. The van der Waals surface area contributed by atoms with Gasteiger partial charge in [-0.05, 0) is 56.2 Å². The molecule has 1 aliphatic rings. The van der Waals surface area contributed by atoms with E-state index in [2.05, 4.69) is 5.32 Å². The molecule has 0 bridgehead atoms. The first-order valence-electron chi connectivity index (χ1n) is 8.45. The predicted molar refractivity (Wildman–Crippen MR) is 102 cm³/mol. The van der Waals surface area contributed by atoms with E-state index >= 15 is 0 Å². The van der Waals surface area contributed by atoms with E-state index in [1.54, 1.807) is 31.2 Å². The van der Waals surface area contributed by atoms with Crippen LogP contribution in [0.2, 0.25) is 0 Å². The molecule has 138 valence electrons. The maximum Gasteiger partial charge on any atom is 0.267 e. The number of para-hydroxylation sites is 2. The monoisotopic (exact) mass is 374 g/mol. The zero-order chi connectivity index (χ0) is 18.9. The maximum absolute atomic E-state index is 12.7. The third-order valence-corrected chi connectivity index (χ3v) is 5.96. The lowest BCUT2D eigenvalue weighted by Crippen LogP contribution is -2.49. The third-order valence-electron chi connectivity index (χ3n) is 4.22. The van der Waals surface area contributed by atoms with Crippen molar-refractivity contribution in [3.05, 3.63) is 53.6 Å². The van der Waals surface area contributed by atoms with Crippen molar-refractivity contribution in [1.29, 1.82) is 0 Å². The molecule has 2 aromatic rings. The highest BCUT2D eigenvalue weighted by molar-refractivity contribution is 7.92. The quantitative estimate of drug-likeness (QED) is 0.893. The molecular weight excluding hydrogens is 352 g/mol. The number of nitrogens with zero attached hydrogens (tertiary/aromatic N) is 1. The number of anilines is 2. The summed E-state index contributed by atoms with van der Waals surface area (Å²) < 4.78 is 32.0. The fourth-order valence-corrected chi connectivity index (χ4v) is 4.15. The summed E-state index contributed by atoms with van der Waals surface area (Å²) in [6.45, 7) is 5.43. The Labute approximate surface area is 153 Å². The van der Waals surface area contributed by atoms with Crippen LogP contribution in [0.3, 0.4) is 0 Å². The van der Waals surface area contributed by atoms with Crippen molar-refractivity contribution < 1.29 is 17.9 Å². The van der Waals surface area contributed by atoms with E-state index in [9.17, 15) is 13.2 Å². The molecule has 1 atom stereocenters. The predicted octanol–water partition coefficient (Wildman–Crippen LogP) is 2.86. The molecule has 0 aliphatic carbocycles. The summed E-state index contributed by atoms with van der Waals surface area (Å²) in [7, 11) is -3.51. The van der Waals surface area contributed by atoms with Crippen molar-refractivity contribution in [3.8, 4) is 5.75 Å².